The molecule has 1 aromatic rings. The molecular weight excluding hydrogens is 246 g/mol. The van der Waals surface area contributed by atoms with Crippen LogP contribution in [0.25, 0.3) is 0 Å². The first kappa shape index (κ1) is 13.4. The molecule has 0 radical (unpaired) electrons. The quantitative estimate of drug-likeness (QED) is 0.823. The zero-order chi connectivity index (χ0) is 12.1. The Hall–Kier alpha value is -0.680. The van der Waals surface area contributed by atoms with Crippen molar-refractivity contribution < 1.29 is 4.21 Å². The second kappa shape index (κ2) is 6.15. The zero-order valence-corrected chi connectivity index (χ0v) is 11.3. The van der Waals surface area contributed by atoms with Gasteiger partial charge in [-0.3, -0.25) is 4.21 Å². The molecule has 0 amide bonds. The molecule has 4 nitrogen and oxygen atoms in total. The molecule has 0 aliphatic carbocycles. The Kier molecular flexibility index (Phi) is 5.15. The Bertz CT molecular complexity index is 398. The van der Waals surface area contributed by atoms with Gasteiger partial charge in [0.15, 0.2) is 11.0 Å². The maximum absolute atomic E-state index is 10.9. The number of rotatable bonds is 5. The lowest BCUT2D eigenvalue weighted by Crippen LogP contribution is -2.09. The predicted octanol–water partition coefficient (Wildman–Crippen LogP) is 1.93. The third-order valence-electron chi connectivity index (χ3n) is 2.17. The van der Waals surface area contributed by atoms with Crippen LogP contribution in [0.1, 0.15) is 17.8 Å². The van der Waals surface area contributed by atoms with E-state index in [1.54, 1.807) is 6.26 Å². The number of nitrogens with one attached hydrogen (secondary N) is 1. The van der Waals surface area contributed by atoms with Crippen LogP contribution in [0.4, 0.5) is 5.82 Å². The van der Waals surface area contributed by atoms with Gasteiger partial charge in [-0.25, -0.2) is 9.97 Å². The number of anilines is 1. The second-order valence-electron chi connectivity index (χ2n) is 3.59. The first-order valence-corrected chi connectivity index (χ1v) is 7.16. The fraction of sp³-hybridized carbons (Fsp3) is 0.600. The number of hydrogen-bond acceptors (Lipinski definition) is 4. The van der Waals surface area contributed by atoms with Crippen LogP contribution in [-0.2, 0) is 10.8 Å². The zero-order valence-electron chi connectivity index (χ0n) is 9.71. The summed E-state index contributed by atoms with van der Waals surface area (Å²) in [5.74, 6) is 1.29. The summed E-state index contributed by atoms with van der Waals surface area (Å²) >= 11 is 5.95. The van der Waals surface area contributed by atoms with Crippen LogP contribution in [-0.4, -0.2) is 32.7 Å². The molecule has 0 saturated heterocycles. The largest absolute Gasteiger partial charge is 0.367 e. The third-order valence-corrected chi connectivity index (χ3v) is 3.29. The van der Waals surface area contributed by atoms with Gasteiger partial charge in [-0.2, -0.15) is 0 Å². The van der Waals surface area contributed by atoms with E-state index in [4.69, 9.17) is 11.6 Å². The highest BCUT2D eigenvalue weighted by Gasteiger charge is 2.06. The normalized spacial score (nSPS) is 12.5. The Morgan fingerprint density at radius 2 is 1.94 bits per heavy atom. The minimum Gasteiger partial charge on any atom is -0.367 e. The van der Waals surface area contributed by atoms with Gasteiger partial charge in [0, 0.05) is 29.4 Å². The van der Waals surface area contributed by atoms with Crippen molar-refractivity contribution in [3.05, 3.63) is 16.5 Å². The van der Waals surface area contributed by atoms with Gasteiger partial charge in [-0.15, -0.1) is 0 Å². The fourth-order valence-corrected chi connectivity index (χ4v) is 1.96. The van der Waals surface area contributed by atoms with Crippen molar-refractivity contribution >= 4 is 28.2 Å². The number of aromatic nitrogens is 2. The van der Waals surface area contributed by atoms with Crippen LogP contribution in [0.3, 0.4) is 0 Å². The van der Waals surface area contributed by atoms with Crippen molar-refractivity contribution in [2.75, 3.05) is 23.9 Å². The summed E-state index contributed by atoms with van der Waals surface area (Å²) in [5, 5.41) is 3.49. The fourth-order valence-electron chi connectivity index (χ4n) is 1.17. The molecule has 0 bridgehead atoms. The summed E-state index contributed by atoms with van der Waals surface area (Å²) in [6.45, 7) is 4.47. The van der Waals surface area contributed by atoms with Gasteiger partial charge < -0.3 is 5.32 Å². The second-order valence-corrected chi connectivity index (χ2v) is 5.50. The molecule has 0 aromatic carbocycles. The van der Waals surface area contributed by atoms with E-state index in [1.165, 1.54) is 0 Å². The Balaban J connectivity index is 2.54. The molecule has 16 heavy (non-hydrogen) atoms. The number of nitrogens with zero attached hydrogens (tertiary/aromatic N) is 2. The van der Waals surface area contributed by atoms with Crippen molar-refractivity contribution in [2.45, 2.75) is 20.3 Å². The summed E-state index contributed by atoms with van der Waals surface area (Å²) in [4.78, 5) is 8.47. The molecule has 1 atom stereocenters. The van der Waals surface area contributed by atoms with Gasteiger partial charge in [0.25, 0.3) is 0 Å². The van der Waals surface area contributed by atoms with E-state index < -0.39 is 10.8 Å². The Morgan fingerprint density at radius 1 is 1.31 bits per heavy atom. The van der Waals surface area contributed by atoms with Gasteiger partial charge in [0.05, 0.1) is 11.4 Å². The van der Waals surface area contributed by atoms with Crippen molar-refractivity contribution in [3.63, 3.8) is 0 Å². The highest BCUT2D eigenvalue weighted by Crippen LogP contribution is 2.18. The van der Waals surface area contributed by atoms with Gasteiger partial charge in [0.1, 0.15) is 0 Å². The molecular formula is C10H16ClN3OS. The first-order valence-electron chi connectivity index (χ1n) is 5.05. The SMILES string of the molecule is Cc1nc(Cl)c(NCCCS(C)=O)nc1C. The van der Waals surface area contributed by atoms with E-state index in [-0.39, 0.29) is 0 Å². The summed E-state index contributed by atoms with van der Waals surface area (Å²) in [5.41, 5.74) is 1.70. The first-order chi connectivity index (χ1) is 7.50. The van der Waals surface area contributed by atoms with Crippen LogP contribution in [0, 0.1) is 13.8 Å². The smallest absolute Gasteiger partial charge is 0.171 e. The minimum absolute atomic E-state index is 0.390. The van der Waals surface area contributed by atoms with Gasteiger partial charge >= 0.3 is 0 Å². The van der Waals surface area contributed by atoms with E-state index in [2.05, 4.69) is 15.3 Å². The topological polar surface area (TPSA) is 54.9 Å². The lowest BCUT2D eigenvalue weighted by Gasteiger charge is -2.08. The average molecular weight is 262 g/mol. The van der Waals surface area contributed by atoms with Crippen LogP contribution in [0.5, 0.6) is 0 Å². The molecule has 1 N–H and O–H groups in total. The van der Waals surface area contributed by atoms with Crippen LogP contribution < -0.4 is 5.32 Å². The van der Waals surface area contributed by atoms with Crippen LogP contribution >= 0.6 is 11.6 Å². The van der Waals surface area contributed by atoms with E-state index in [0.29, 0.717) is 23.3 Å². The average Bonchev–Trinajstić information content (AvgIpc) is 2.19. The van der Waals surface area contributed by atoms with Crippen LogP contribution in [0.15, 0.2) is 0 Å². The monoisotopic (exact) mass is 261 g/mol. The third kappa shape index (κ3) is 4.06. The van der Waals surface area contributed by atoms with Gasteiger partial charge in [-0.1, -0.05) is 11.6 Å². The Labute approximate surface area is 103 Å². The number of hydrogen-bond donors (Lipinski definition) is 1. The van der Waals surface area contributed by atoms with E-state index >= 15 is 0 Å². The molecule has 1 unspecified atom stereocenters. The predicted molar refractivity (Wildman–Crippen MR) is 68.6 cm³/mol. The molecule has 90 valence electrons. The molecule has 1 aromatic heterocycles. The van der Waals surface area contributed by atoms with Crippen molar-refractivity contribution in [3.8, 4) is 0 Å². The van der Waals surface area contributed by atoms with Crippen LogP contribution in [0.2, 0.25) is 5.15 Å². The van der Waals surface area contributed by atoms with Gasteiger partial charge in [0.2, 0.25) is 0 Å². The summed E-state index contributed by atoms with van der Waals surface area (Å²) in [6.07, 6.45) is 2.52. The molecule has 0 aliphatic heterocycles. The van der Waals surface area contributed by atoms with Gasteiger partial charge in [-0.05, 0) is 20.3 Å². The highest BCUT2D eigenvalue weighted by atomic mass is 35.5. The molecule has 0 fully saturated rings. The maximum atomic E-state index is 10.9. The van der Waals surface area contributed by atoms with Crippen molar-refractivity contribution in [1.29, 1.82) is 0 Å². The van der Waals surface area contributed by atoms with Crippen molar-refractivity contribution in [2.24, 2.45) is 0 Å². The van der Waals surface area contributed by atoms with E-state index in [1.807, 2.05) is 13.8 Å². The lowest BCUT2D eigenvalue weighted by molar-refractivity contribution is 0.685. The molecule has 1 heterocycles. The lowest BCUT2D eigenvalue weighted by atomic mass is 10.3. The van der Waals surface area contributed by atoms with Crippen molar-refractivity contribution in [1.82, 2.24) is 9.97 Å². The van der Waals surface area contributed by atoms with E-state index in [0.717, 1.165) is 17.8 Å². The molecule has 0 spiro atoms. The highest BCUT2D eigenvalue weighted by molar-refractivity contribution is 7.84. The molecule has 0 aliphatic rings. The molecule has 1 rings (SSSR count). The number of halogens is 1. The van der Waals surface area contributed by atoms with E-state index in [9.17, 15) is 4.21 Å². The number of aryl methyl sites for hydroxylation is 2. The molecule has 0 saturated carbocycles. The summed E-state index contributed by atoms with van der Waals surface area (Å²) in [7, 11) is -0.746. The molecule has 6 heteroatoms. The summed E-state index contributed by atoms with van der Waals surface area (Å²) in [6, 6.07) is 0. The maximum Gasteiger partial charge on any atom is 0.171 e. The standard InChI is InChI=1S/C10H16ClN3OS/c1-7-8(2)14-10(9(11)13-7)12-5-4-6-16(3)15/h4-6H2,1-3H3,(H,12,14). The Morgan fingerprint density at radius 3 is 2.56 bits per heavy atom. The summed E-state index contributed by atoms with van der Waals surface area (Å²) < 4.78 is 10.9. The minimum atomic E-state index is -0.746.